The van der Waals surface area contributed by atoms with E-state index in [9.17, 15) is 24.1 Å². The summed E-state index contributed by atoms with van der Waals surface area (Å²) in [7, 11) is 0. The number of carbonyl (C=O) groups excluding carboxylic acids is 4. The molecule has 0 spiro atoms. The van der Waals surface area contributed by atoms with E-state index in [-0.39, 0.29) is 0 Å². The predicted molar refractivity (Wildman–Crippen MR) is 87.6 cm³/mol. The van der Waals surface area contributed by atoms with Crippen LogP contribution in [0.3, 0.4) is 0 Å². The number of rotatable bonds is 2. The summed E-state index contributed by atoms with van der Waals surface area (Å²) in [6.45, 7) is 5.10. The van der Waals surface area contributed by atoms with Gasteiger partial charge in [-0.05, 0) is 0 Å². The lowest BCUT2D eigenvalue weighted by atomic mass is 10.1. The quantitative estimate of drug-likeness (QED) is 0.394. The fraction of sp³-hybridized carbons (Fsp3) is 0.714. The topological polar surface area (TPSA) is 152 Å². The predicted octanol–water partition coefficient (Wildman–Crippen LogP) is -2.52. The number of carbonyl (C=O) groups is 4. The lowest BCUT2D eigenvalue weighted by molar-refractivity contribution is -0.304. The van der Waals surface area contributed by atoms with Gasteiger partial charge in [0.1, 0.15) is 12.3 Å². The molecule has 0 aromatic carbocycles. The fourth-order valence-corrected chi connectivity index (χ4v) is 5.10. The van der Waals surface area contributed by atoms with Crippen molar-refractivity contribution in [3.8, 4) is 0 Å². The molecule has 14 heteroatoms. The van der Waals surface area contributed by atoms with E-state index in [1.165, 1.54) is 52.4 Å². The van der Waals surface area contributed by atoms with E-state index in [1.807, 2.05) is 0 Å². The molecular weight excluding hydrogens is 376 g/mol. The maximum Gasteiger partial charge on any atom is 0.223 e. The van der Waals surface area contributed by atoms with Crippen LogP contribution in [0.2, 0.25) is 0 Å². The number of hydroxylamine groups is 2. The molecule has 2 N–H and O–H groups in total. The number of nitrogens with two attached hydrogens (primary N) is 1. The van der Waals surface area contributed by atoms with Gasteiger partial charge in [-0.1, -0.05) is 0 Å². The normalized spacial score (nSPS) is 35.7. The van der Waals surface area contributed by atoms with Crippen LogP contribution >= 0.6 is 0 Å². The molecule has 6 bridgehead atoms. The van der Waals surface area contributed by atoms with Gasteiger partial charge in [0, 0.05) is 27.7 Å². The third-order valence-corrected chi connectivity index (χ3v) is 5.81. The number of piperazine rings is 1. The van der Waals surface area contributed by atoms with Gasteiger partial charge >= 0.3 is 0 Å². The summed E-state index contributed by atoms with van der Waals surface area (Å²) < 4.78 is 0. The molecule has 152 valence electrons. The van der Waals surface area contributed by atoms with E-state index in [0.29, 0.717) is 0 Å². The second-order valence-corrected chi connectivity index (χ2v) is 7.11. The zero-order valence-corrected chi connectivity index (χ0v) is 15.6. The Balaban J connectivity index is 2.06. The zero-order chi connectivity index (χ0) is 20.7. The van der Waals surface area contributed by atoms with E-state index >= 15 is 0 Å². The molecule has 0 radical (unpaired) electrons. The molecule has 14 nitrogen and oxygen atoms in total. The van der Waals surface area contributed by atoms with Gasteiger partial charge in [-0.2, -0.15) is 5.90 Å². The van der Waals surface area contributed by atoms with Crippen LogP contribution in [0.15, 0.2) is 5.29 Å². The first kappa shape index (κ1) is 18.5. The third-order valence-electron chi connectivity index (χ3n) is 5.81. The van der Waals surface area contributed by atoms with Crippen molar-refractivity contribution in [2.45, 2.75) is 64.7 Å². The highest BCUT2D eigenvalue weighted by Crippen LogP contribution is 2.51. The Morgan fingerprint density at radius 2 is 1.00 bits per heavy atom. The molecule has 28 heavy (non-hydrogen) atoms. The Morgan fingerprint density at radius 1 is 0.679 bits per heavy atom. The van der Waals surface area contributed by atoms with Crippen LogP contribution in [0.25, 0.3) is 0 Å². The third kappa shape index (κ3) is 1.91. The first-order chi connectivity index (χ1) is 13.2. The lowest BCUT2D eigenvalue weighted by Crippen LogP contribution is -2.73. The van der Waals surface area contributed by atoms with Gasteiger partial charge in [0.25, 0.3) is 0 Å². The van der Waals surface area contributed by atoms with Crippen LogP contribution in [0.5, 0.6) is 0 Å². The van der Waals surface area contributed by atoms with Crippen molar-refractivity contribution in [3.63, 3.8) is 0 Å². The van der Waals surface area contributed by atoms with E-state index in [2.05, 4.69) is 5.29 Å². The van der Waals surface area contributed by atoms with E-state index in [1.54, 1.807) is 0 Å². The van der Waals surface area contributed by atoms with Crippen molar-refractivity contribution in [1.29, 1.82) is 0 Å². The van der Waals surface area contributed by atoms with Gasteiger partial charge in [0.15, 0.2) is 24.7 Å². The van der Waals surface area contributed by atoms with Gasteiger partial charge < -0.3 is 0 Å². The molecule has 4 amide bonds. The molecule has 5 fully saturated rings. The molecule has 5 saturated heterocycles. The highest BCUT2D eigenvalue weighted by Gasteiger charge is 2.76. The number of nitroso groups, excluding NO2 is 1. The van der Waals surface area contributed by atoms with Crippen LogP contribution in [-0.4, -0.2) is 90.3 Å². The monoisotopic (exact) mass is 396 g/mol. The van der Waals surface area contributed by atoms with Gasteiger partial charge in [-0.3, -0.25) is 38.8 Å². The van der Waals surface area contributed by atoms with Crippen LogP contribution in [0, 0.1) is 4.91 Å². The molecule has 0 aliphatic carbocycles. The summed E-state index contributed by atoms with van der Waals surface area (Å²) in [5, 5.41) is 5.28. The van der Waals surface area contributed by atoms with Gasteiger partial charge in [-0.25, -0.2) is 9.95 Å². The van der Waals surface area contributed by atoms with Crippen LogP contribution in [-0.2, 0) is 24.1 Å². The minimum Gasteiger partial charge on any atom is -0.296 e. The van der Waals surface area contributed by atoms with Crippen LogP contribution < -0.4 is 5.90 Å². The molecule has 6 atom stereocenters. The molecular formula is C14H20N8O6. The van der Waals surface area contributed by atoms with Crippen molar-refractivity contribution in [3.05, 3.63) is 4.91 Å². The van der Waals surface area contributed by atoms with Crippen molar-refractivity contribution in [2.75, 3.05) is 0 Å². The maximum atomic E-state index is 12.6. The van der Waals surface area contributed by atoms with Crippen molar-refractivity contribution < 1.29 is 24.1 Å². The first-order valence-electron chi connectivity index (χ1n) is 8.61. The standard InChI is InChI=1S/C14H20N8O6/c1-5(23)17-9-10-18(6(2)24)12-14(20(10)8(4)26)22(28-15)13(19(9)7(3)25)11(17)21(12)16-27/h9-14H,15H2,1-4H3. The molecule has 0 saturated carbocycles. The van der Waals surface area contributed by atoms with Gasteiger partial charge in [-0.15, -0.1) is 9.97 Å². The molecule has 0 aromatic heterocycles. The summed E-state index contributed by atoms with van der Waals surface area (Å²) in [6, 6.07) is 0. The van der Waals surface area contributed by atoms with E-state index in [4.69, 9.17) is 10.8 Å². The minimum atomic E-state index is -1.03. The largest absolute Gasteiger partial charge is 0.296 e. The Kier molecular flexibility index (Phi) is 3.85. The van der Waals surface area contributed by atoms with Gasteiger partial charge in [0.2, 0.25) is 23.6 Å². The molecule has 5 rings (SSSR count). The molecule has 5 heterocycles. The van der Waals surface area contributed by atoms with E-state index < -0.39 is 60.6 Å². The first-order valence-corrected chi connectivity index (χ1v) is 8.61. The molecule has 5 aliphatic rings. The lowest BCUT2D eigenvalue weighted by Gasteiger charge is -2.50. The molecule has 0 aromatic rings. The highest BCUT2D eigenvalue weighted by molar-refractivity contribution is 5.83. The summed E-state index contributed by atoms with van der Waals surface area (Å²) in [6.07, 6.45) is -6.11. The average Bonchev–Trinajstić information content (AvgIpc) is 3.05. The Bertz CT molecular complexity index is 734. The van der Waals surface area contributed by atoms with Crippen molar-refractivity contribution in [1.82, 2.24) is 29.7 Å². The second kappa shape index (κ2) is 5.83. The minimum absolute atomic E-state index is 0.449. The van der Waals surface area contributed by atoms with Crippen LogP contribution in [0.1, 0.15) is 27.7 Å². The molecule has 6 unspecified atom stereocenters. The second-order valence-electron chi connectivity index (χ2n) is 7.11. The average molecular weight is 396 g/mol. The van der Waals surface area contributed by atoms with Crippen molar-refractivity contribution in [2.24, 2.45) is 11.2 Å². The SMILES string of the molecule is CC(=O)N1C2C3N(ON)C4C(N2N=O)N(C(C)=O)C(C1N3C(C)=O)N4C(C)=O. The molecule has 5 aliphatic heterocycles. The van der Waals surface area contributed by atoms with Gasteiger partial charge in [0.05, 0.1) is 5.29 Å². The van der Waals surface area contributed by atoms with Crippen LogP contribution in [0.4, 0.5) is 0 Å². The summed E-state index contributed by atoms with van der Waals surface area (Å²) in [5.74, 6) is 3.67. The van der Waals surface area contributed by atoms with E-state index in [0.717, 1.165) is 5.01 Å². The number of hydrogen-bond donors (Lipinski definition) is 1. The number of amides is 4. The zero-order valence-electron chi connectivity index (χ0n) is 15.6. The Hall–Kier alpha value is -2.84. The summed E-state index contributed by atoms with van der Waals surface area (Å²) in [4.78, 5) is 72.2. The van der Waals surface area contributed by atoms with Crippen molar-refractivity contribution >= 4 is 23.6 Å². The highest BCUT2D eigenvalue weighted by atomic mass is 16.8. The maximum absolute atomic E-state index is 12.6. The number of nitrogens with zero attached hydrogens (tertiary/aromatic N) is 7. The summed E-state index contributed by atoms with van der Waals surface area (Å²) in [5.41, 5.74) is 0. The Labute approximate surface area is 159 Å². The fourth-order valence-electron chi connectivity index (χ4n) is 5.10. The smallest absolute Gasteiger partial charge is 0.223 e. The summed E-state index contributed by atoms with van der Waals surface area (Å²) >= 11 is 0. The Morgan fingerprint density at radius 3 is 1.25 bits per heavy atom. The number of hydrogen-bond acceptors (Lipinski definition) is 9.